The monoisotopic (exact) mass is 445 g/mol. The third kappa shape index (κ3) is 6.40. The number of aliphatic imine (C=N–C) groups is 1. The van der Waals surface area contributed by atoms with Crippen molar-refractivity contribution in [2.24, 2.45) is 10.7 Å². The summed E-state index contributed by atoms with van der Waals surface area (Å²) in [6, 6.07) is 3.71. The number of nitrogens with two attached hydrogens (primary N) is 1. The molecule has 5 N–H and O–H groups in total. The molecular formula is C18H19F4N5O2S. The summed E-state index contributed by atoms with van der Waals surface area (Å²) < 4.78 is 63.3. The number of nitrogens with zero attached hydrogens (tertiary/aromatic N) is 3. The lowest BCUT2D eigenvalue weighted by atomic mass is 10.1. The molecule has 1 aromatic heterocycles. The zero-order valence-corrected chi connectivity index (χ0v) is 16.7. The van der Waals surface area contributed by atoms with Crippen LogP contribution in [0.5, 0.6) is 0 Å². The number of halogens is 4. The zero-order chi connectivity index (χ0) is 22.5. The van der Waals surface area contributed by atoms with E-state index in [2.05, 4.69) is 20.3 Å². The van der Waals surface area contributed by atoms with Gasteiger partial charge in [0.25, 0.3) is 0 Å². The highest BCUT2D eigenvalue weighted by molar-refractivity contribution is 7.93. The molecule has 1 aromatic carbocycles. The molecule has 0 bridgehead atoms. The Hall–Kier alpha value is -2.70. The standard InChI is InChI=1S/C18H19F4N5O2S/c1-17(2,28)9-24-7-10(6-23)15-12(18(20,21)22)8-25-16(27-15)26-14-4-3-11(30-29)5-13(14)19/h3-8,28-29H,9,23H2,1-2H3,(H,25,26,27)/b10-6+,24-7?. The zero-order valence-electron chi connectivity index (χ0n) is 15.9. The number of aliphatic hydroxyl groups is 1. The predicted octanol–water partition coefficient (Wildman–Crippen LogP) is 4.08. The number of anilines is 2. The highest BCUT2D eigenvalue weighted by Gasteiger charge is 2.36. The van der Waals surface area contributed by atoms with Crippen LogP contribution in [0.4, 0.5) is 29.2 Å². The van der Waals surface area contributed by atoms with Gasteiger partial charge in [-0.15, -0.1) is 0 Å². The molecule has 162 valence electrons. The van der Waals surface area contributed by atoms with Gasteiger partial charge in [-0.2, -0.15) is 13.2 Å². The van der Waals surface area contributed by atoms with Gasteiger partial charge in [-0.3, -0.25) is 4.99 Å². The van der Waals surface area contributed by atoms with Gasteiger partial charge in [0.15, 0.2) is 0 Å². The van der Waals surface area contributed by atoms with Crippen molar-refractivity contribution in [1.82, 2.24) is 9.97 Å². The van der Waals surface area contributed by atoms with E-state index in [1.54, 1.807) is 0 Å². The largest absolute Gasteiger partial charge is 0.419 e. The van der Waals surface area contributed by atoms with Gasteiger partial charge in [0, 0.05) is 41.1 Å². The van der Waals surface area contributed by atoms with E-state index < -0.39 is 28.9 Å². The molecule has 0 unspecified atom stereocenters. The smallest absolute Gasteiger partial charge is 0.404 e. The lowest BCUT2D eigenvalue weighted by Crippen LogP contribution is -2.22. The molecule has 0 aliphatic carbocycles. The number of nitrogens with one attached hydrogen (secondary N) is 1. The molecule has 0 amide bonds. The maximum absolute atomic E-state index is 14.1. The molecule has 2 aromatic rings. The van der Waals surface area contributed by atoms with Crippen molar-refractivity contribution in [3.05, 3.63) is 47.7 Å². The van der Waals surface area contributed by atoms with E-state index in [4.69, 9.17) is 10.3 Å². The van der Waals surface area contributed by atoms with Gasteiger partial charge in [0.05, 0.1) is 23.5 Å². The van der Waals surface area contributed by atoms with E-state index in [1.807, 2.05) is 0 Å². The van der Waals surface area contributed by atoms with E-state index in [0.29, 0.717) is 18.2 Å². The lowest BCUT2D eigenvalue weighted by molar-refractivity contribution is -0.138. The molecule has 30 heavy (non-hydrogen) atoms. The van der Waals surface area contributed by atoms with Gasteiger partial charge in [-0.05, 0) is 32.0 Å². The van der Waals surface area contributed by atoms with Crippen LogP contribution < -0.4 is 11.1 Å². The molecule has 0 atom stereocenters. The fraction of sp³-hybridized carbons (Fsp3) is 0.278. The maximum atomic E-state index is 14.1. The van der Waals surface area contributed by atoms with Crippen LogP contribution in [-0.4, -0.2) is 38.0 Å². The number of hydrogen-bond donors (Lipinski definition) is 4. The van der Waals surface area contributed by atoms with Gasteiger partial charge in [-0.25, -0.2) is 14.4 Å². The topological polar surface area (TPSA) is 117 Å². The first kappa shape index (κ1) is 23.6. The predicted molar refractivity (Wildman–Crippen MR) is 107 cm³/mol. The second-order valence-corrected chi connectivity index (χ2v) is 7.37. The van der Waals surface area contributed by atoms with Gasteiger partial charge >= 0.3 is 6.18 Å². The Bertz CT molecular complexity index is 959. The third-order valence-electron chi connectivity index (χ3n) is 3.55. The van der Waals surface area contributed by atoms with Crippen LogP contribution in [0.15, 0.2) is 40.5 Å². The Kier molecular flexibility index (Phi) is 7.39. The number of aromatic nitrogens is 2. The quantitative estimate of drug-likeness (QED) is 0.288. The number of hydrogen-bond acceptors (Lipinski definition) is 8. The normalized spacial score (nSPS) is 13.1. The highest BCUT2D eigenvalue weighted by Crippen LogP contribution is 2.34. The summed E-state index contributed by atoms with van der Waals surface area (Å²) in [6.45, 7) is 2.89. The maximum Gasteiger partial charge on any atom is 0.419 e. The average molecular weight is 445 g/mol. The van der Waals surface area contributed by atoms with Crippen LogP contribution in [0.1, 0.15) is 25.1 Å². The van der Waals surface area contributed by atoms with E-state index >= 15 is 0 Å². The first-order chi connectivity index (χ1) is 13.9. The van der Waals surface area contributed by atoms with Crippen molar-refractivity contribution >= 4 is 35.5 Å². The van der Waals surface area contributed by atoms with Crippen LogP contribution >= 0.6 is 12.0 Å². The summed E-state index contributed by atoms with van der Waals surface area (Å²) in [5, 5.41) is 12.2. The SMILES string of the molecule is CC(C)(O)CN=C/C(=C\N)c1nc(Nc2ccc(SO)cc2F)ncc1C(F)(F)F. The minimum absolute atomic E-state index is 0.0810. The van der Waals surface area contributed by atoms with E-state index in [0.717, 1.165) is 18.5 Å². The molecule has 0 saturated heterocycles. The van der Waals surface area contributed by atoms with Crippen molar-refractivity contribution < 1.29 is 27.2 Å². The molecule has 0 saturated carbocycles. The number of allylic oxidation sites excluding steroid dienone is 1. The van der Waals surface area contributed by atoms with Gasteiger partial charge in [0.2, 0.25) is 5.95 Å². The third-order valence-corrected chi connectivity index (χ3v) is 4.01. The van der Waals surface area contributed by atoms with Crippen LogP contribution in [0, 0.1) is 5.82 Å². The van der Waals surface area contributed by atoms with E-state index in [1.165, 1.54) is 26.0 Å². The van der Waals surface area contributed by atoms with Crippen molar-refractivity contribution in [3.63, 3.8) is 0 Å². The van der Waals surface area contributed by atoms with Gasteiger partial charge in [0.1, 0.15) is 11.4 Å². The highest BCUT2D eigenvalue weighted by atomic mass is 32.2. The first-order valence-electron chi connectivity index (χ1n) is 8.41. The fourth-order valence-corrected chi connectivity index (χ4v) is 2.48. The summed E-state index contributed by atoms with van der Waals surface area (Å²) in [5.74, 6) is -1.07. The Labute approximate surface area is 174 Å². The van der Waals surface area contributed by atoms with Crippen LogP contribution in [0.2, 0.25) is 0 Å². The molecule has 0 aliphatic heterocycles. The average Bonchev–Trinajstić information content (AvgIpc) is 2.65. The van der Waals surface area contributed by atoms with Gasteiger partial charge in [-0.1, -0.05) is 0 Å². The molecule has 12 heteroatoms. The molecule has 7 nitrogen and oxygen atoms in total. The Balaban J connectivity index is 2.44. The number of rotatable bonds is 7. The molecule has 0 fully saturated rings. The summed E-state index contributed by atoms with van der Waals surface area (Å²) in [4.78, 5) is 11.6. The number of alkyl halides is 3. The van der Waals surface area contributed by atoms with Crippen molar-refractivity contribution in [3.8, 4) is 0 Å². The van der Waals surface area contributed by atoms with Crippen LogP contribution in [0.3, 0.4) is 0 Å². The molecular weight excluding hydrogens is 426 g/mol. The minimum Gasteiger partial charge on any atom is -0.404 e. The summed E-state index contributed by atoms with van der Waals surface area (Å²) in [7, 11) is 0. The summed E-state index contributed by atoms with van der Waals surface area (Å²) in [6.07, 6.45) is -2.28. The molecule has 0 aliphatic rings. The van der Waals surface area contributed by atoms with E-state index in [-0.39, 0.29) is 28.6 Å². The molecule has 0 spiro atoms. The molecule has 2 rings (SSSR count). The van der Waals surface area contributed by atoms with Crippen molar-refractivity contribution in [2.45, 2.75) is 30.5 Å². The Morgan fingerprint density at radius 2 is 2.03 bits per heavy atom. The number of benzene rings is 1. The van der Waals surface area contributed by atoms with E-state index in [9.17, 15) is 22.7 Å². The van der Waals surface area contributed by atoms with Crippen LogP contribution in [0.25, 0.3) is 5.57 Å². The van der Waals surface area contributed by atoms with Crippen molar-refractivity contribution in [1.29, 1.82) is 0 Å². The Morgan fingerprint density at radius 1 is 1.33 bits per heavy atom. The Morgan fingerprint density at radius 3 is 2.57 bits per heavy atom. The van der Waals surface area contributed by atoms with Crippen LogP contribution in [-0.2, 0) is 6.18 Å². The summed E-state index contributed by atoms with van der Waals surface area (Å²) in [5.41, 5.74) is 2.32. The van der Waals surface area contributed by atoms with Gasteiger partial charge < -0.3 is 20.7 Å². The fourth-order valence-electron chi connectivity index (χ4n) is 2.19. The minimum atomic E-state index is -4.78. The van der Waals surface area contributed by atoms with Crippen molar-refractivity contribution in [2.75, 3.05) is 11.9 Å². The molecule has 0 radical (unpaired) electrons. The first-order valence-corrected chi connectivity index (χ1v) is 9.18. The molecule has 1 heterocycles. The summed E-state index contributed by atoms with van der Waals surface area (Å²) >= 11 is 0.343. The second kappa shape index (κ2) is 9.41. The second-order valence-electron chi connectivity index (χ2n) is 6.72. The lowest BCUT2D eigenvalue weighted by Gasteiger charge is -2.15.